The molecule has 3 N–H and O–H groups in total. The first kappa shape index (κ1) is 19.3. The van der Waals surface area contributed by atoms with Gasteiger partial charge in [-0.25, -0.2) is 0 Å². The van der Waals surface area contributed by atoms with Gasteiger partial charge in [-0.2, -0.15) is 0 Å². The molecule has 2 aromatic carbocycles. The van der Waals surface area contributed by atoms with E-state index < -0.39 is 0 Å². The summed E-state index contributed by atoms with van der Waals surface area (Å²) in [6, 6.07) is 14.2. The van der Waals surface area contributed by atoms with Crippen LogP contribution in [0.5, 0.6) is 5.75 Å². The first-order valence-electron chi connectivity index (χ1n) is 8.37. The molecule has 2 aromatic rings. The minimum atomic E-state index is -0.286. The highest BCUT2D eigenvalue weighted by molar-refractivity contribution is 5.95. The first-order valence-corrected chi connectivity index (χ1v) is 8.37. The molecule has 0 aliphatic rings. The standard InChI is InChI=1S/C20H25N3O3/c1-20(2,3)23-19(25)14-8-10-15(11-9-14)21-13-18(24)22-16-6-5-7-17(12-16)26-4/h5-12,21H,13H2,1-4H3,(H,22,24)(H,23,25). The number of amides is 2. The van der Waals surface area contributed by atoms with Gasteiger partial charge in [0.2, 0.25) is 5.91 Å². The van der Waals surface area contributed by atoms with E-state index >= 15 is 0 Å². The van der Waals surface area contributed by atoms with Crippen molar-refractivity contribution in [2.24, 2.45) is 0 Å². The smallest absolute Gasteiger partial charge is 0.251 e. The van der Waals surface area contributed by atoms with E-state index in [1.165, 1.54) is 0 Å². The van der Waals surface area contributed by atoms with Gasteiger partial charge >= 0.3 is 0 Å². The summed E-state index contributed by atoms with van der Waals surface area (Å²) >= 11 is 0. The number of rotatable bonds is 6. The summed E-state index contributed by atoms with van der Waals surface area (Å²) in [5.74, 6) is 0.382. The summed E-state index contributed by atoms with van der Waals surface area (Å²) in [5.41, 5.74) is 1.72. The van der Waals surface area contributed by atoms with Crippen LogP contribution in [0.4, 0.5) is 11.4 Å². The van der Waals surface area contributed by atoms with Gasteiger partial charge in [-0.05, 0) is 57.2 Å². The molecule has 0 atom stereocenters. The Bertz CT molecular complexity index is 765. The molecule has 6 nitrogen and oxygen atoms in total. The molecule has 0 saturated heterocycles. The van der Waals surface area contributed by atoms with Crippen molar-refractivity contribution in [3.63, 3.8) is 0 Å². The van der Waals surface area contributed by atoms with Crippen molar-refractivity contribution in [3.05, 3.63) is 54.1 Å². The molecule has 2 amide bonds. The van der Waals surface area contributed by atoms with Crippen LogP contribution in [0.2, 0.25) is 0 Å². The Labute approximate surface area is 153 Å². The number of hydrogen-bond acceptors (Lipinski definition) is 4. The van der Waals surface area contributed by atoms with Gasteiger partial charge in [0.05, 0.1) is 13.7 Å². The predicted octanol–water partition coefficient (Wildman–Crippen LogP) is 3.27. The summed E-state index contributed by atoms with van der Waals surface area (Å²) < 4.78 is 5.13. The van der Waals surface area contributed by atoms with Gasteiger partial charge in [0, 0.05) is 28.5 Å². The van der Waals surface area contributed by atoms with Crippen LogP contribution in [0.3, 0.4) is 0 Å². The van der Waals surface area contributed by atoms with E-state index in [2.05, 4.69) is 16.0 Å². The van der Waals surface area contributed by atoms with E-state index in [0.717, 1.165) is 5.69 Å². The van der Waals surface area contributed by atoms with Crippen molar-refractivity contribution < 1.29 is 14.3 Å². The second-order valence-corrected chi connectivity index (χ2v) is 6.92. The van der Waals surface area contributed by atoms with Crippen molar-refractivity contribution in [2.45, 2.75) is 26.3 Å². The van der Waals surface area contributed by atoms with Crippen molar-refractivity contribution in [2.75, 3.05) is 24.3 Å². The third-order valence-corrected chi connectivity index (χ3v) is 3.44. The van der Waals surface area contributed by atoms with Crippen molar-refractivity contribution in [3.8, 4) is 5.75 Å². The molecule has 0 unspecified atom stereocenters. The van der Waals surface area contributed by atoms with E-state index in [9.17, 15) is 9.59 Å². The molecule has 138 valence electrons. The topological polar surface area (TPSA) is 79.5 Å². The Balaban J connectivity index is 1.87. The van der Waals surface area contributed by atoms with Crippen LogP contribution in [0.1, 0.15) is 31.1 Å². The summed E-state index contributed by atoms with van der Waals surface area (Å²) in [4.78, 5) is 24.1. The highest BCUT2D eigenvalue weighted by Crippen LogP contribution is 2.16. The maximum Gasteiger partial charge on any atom is 0.251 e. The third kappa shape index (κ3) is 6.12. The molecule has 0 aliphatic heterocycles. The van der Waals surface area contributed by atoms with Crippen molar-refractivity contribution >= 4 is 23.2 Å². The Morgan fingerprint density at radius 3 is 2.31 bits per heavy atom. The van der Waals surface area contributed by atoms with E-state index in [1.807, 2.05) is 32.9 Å². The maximum absolute atomic E-state index is 12.1. The molecule has 0 bridgehead atoms. The van der Waals surface area contributed by atoms with E-state index in [-0.39, 0.29) is 23.9 Å². The quantitative estimate of drug-likeness (QED) is 0.743. The number of carbonyl (C=O) groups excluding carboxylic acids is 2. The molecular formula is C20H25N3O3. The molecule has 0 fully saturated rings. The lowest BCUT2D eigenvalue weighted by atomic mass is 10.1. The molecule has 0 spiro atoms. The van der Waals surface area contributed by atoms with E-state index in [0.29, 0.717) is 17.0 Å². The average Bonchev–Trinajstić information content (AvgIpc) is 2.59. The summed E-state index contributed by atoms with van der Waals surface area (Å²) in [7, 11) is 1.58. The Morgan fingerprint density at radius 2 is 1.69 bits per heavy atom. The molecule has 26 heavy (non-hydrogen) atoms. The van der Waals surface area contributed by atoms with E-state index in [4.69, 9.17) is 4.74 Å². The number of methoxy groups -OCH3 is 1. The molecule has 0 aliphatic carbocycles. The Kier molecular flexibility index (Phi) is 6.22. The number of carbonyl (C=O) groups is 2. The van der Waals surface area contributed by atoms with Gasteiger partial charge < -0.3 is 20.7 Å². The fourth-order valence-electron chi connectivity index (χ4n) is 2.24. The van der Waals surface area contributed by atoms with Crippen molar-refractivity contribution in [1.82, 2.24) is 5.32 Å². The second-order valence-electron chi connectivity index (χ2n) is 6.92. The van der Waals surface area contributed by atoms with Gasteiger partial charge in [-0.3, -0.25) is 9.59 Å². The maximum atomic E-state index is 12.1. The largest absolute Gasteiger partial charge is 0.497 e. The highest BCUT2D eigenvalue weighted by atomic mass is 16.5. The third-order valence-electron chi connectivity index (χ3n) is 3.44. The Hall–Kier alpha value is -3.02. The number of ether oxygens (including phenoxy) is 1. The number of hydrogen-bond donors (Lipinski definition) is 3. The zero-order valence-corrected chi connectivity index (χ0v) is 15.6. The zero-order valence-electron chi connectivity index (χ0n) is 15.6. The fourth-order valence-corrected chi connectivity index (χ4v) is 2.24. The number of benzene rings is 2. The molecule has 2 rings (SSSR count). The molecule has 6 heteroatoms. The minimum Gasteiger partial charge on any atom is -0.497 e. The van der Waals surface area contributed by atoms with Gasteiger partial charge in [0.1, 0.15) is 5.75 Å². The SMILES string of the molecule is COc1cccc(NC(=O)CNc2ccc(C(=O)NC(C)(C)C)cc2)c1. The minimum absolute atomic E-state index is 0.116. The van der Waals surface area contributed by atoms with Crippen LogP contribution in [0.15, 0.2) is 48.5 Å². The monoisotopic (exact) mass is 355 g/mol. The van der Waals surface area contributed by atoms with Gasteiger partial charge in [-0.15, -0.1) is 0 Å². The number of anilines is 2. The Morgan fingerprint density at radius 1 is 1.00 bits per heavy atom. The fraction of sp³-hybridized carbons (Fsp3) is 0.300. The van der Waals surface area contributed by atoms with Gasteiger partial charge in [-0.1, -0.05) is 6.07 Å². The highest BCUT2D eigenvalue weighted by Gasteiger charge is 2.15. The summed E-state index contributed by atoms with van der Waals surface area (Å²) in [5, 5.41) is 8.74. The van der Waals surface area contributed by atoms with Crippen LogP contribution in [-0.2, 0) is 4.79 Å². The van der Waals surface area contributed by atoms with Crippen LogP contribution in [0, 0.1) is 0 Å². The molecule has 0 heterocycles. The van der Waals surface area contributed by atoms with Gasteiger partial charge in [0.15, 0.2) is 0 Å². The predicted molar refractivity (Wildman–Crippen MR) is 104 cm³/mol. The van der Waals surface area contributed by atoms with Gasteiger partial charge in [0.25, 0.3) is 5.91 Å². The van der Waals surface area contributed by atoms with Crippen LogP contribution in [0.25, 0.3) is 0 Å². The van der Waals surface area contributed by atoms with Crippen molar-refractivity contribution in [1.29, 1.82) is 0 Å². The second kappa shape index (κ2) is 8.38. The van der Waals surface area contributed by atoms with Crippen LogP contribution < -0.4 is 20.7 Å². The molecular weight excluding hydrogens is 330 g/mol. The lowest BCUT2D eigenvalue weighted by Gasteiger charge is -2.20. The summed E-state index contributed by atoms with van der Waals surface area (Å²) in [6.07, 6.45) is 0. The normalized spacial score (nSPS) is 10.8. The molecule has 0 radical (unpaired) electrons. The summed E-state index contributed by atoms with van der Waals surface area (Å²) in [6.45, 7) is 5.91. The lowest BCUT2D eigenvalue weighted by Crippen LogP contribution is -2.40. The van der Waals surface area contributed by atoms with Crippen LogP contribution in [-0.4, -0.2) is 31.0 Å². The number of nitrogens with one attached hydrogen (secondary N) is 3. The zero-order chi connectivity index (χ0) is 19.2. The average molecular weight is 355 g/mol. The van der Waals surface area contributed by atoms with Crippen LogP contribution >= 0.6 is 0 Å². The molecule has 0 saturated carbocycles. The van der Waals surface area contributed by atoms with E-state index in [1.54, 1.807) is 43.5 Å². The lowest BCUT2D eigenvalue weighted by molar-refractivity contribution is -0.114. The molecule has 0 aromatic heterocycles. The first-order chi connectivity index (χ1) is 12.3.